The summed E-state index contributed by atoms with van der Waals surface area (Å²) in [4.78, 5) is 7.27. The van der Waals surface area contributed by atoms with Gasteiger partial charge in [-0.3, -0.25) is 4.99 Å². The number of hydrogen-bond donors (Lipinski definition) is 2. The summed E-state index contributed by atoms with van der Waals surface area (Å²) in [6, 6.07) is 0. The van der Waals surface area contributed by atoms with Gasteiger partial charge in [0.2, 0.25) is 0 Å². The van der Waals surface area contributed by atoms with Crippen LogP contribution in [0.25, 0.3) is 0 Å². The van der Waals surface area contributed by atoms with E-state index in [0.29, 0.717) is 6.10 Å². The summed E-state index contributed by atoms with van der Waals surface area (Å²) in [6.45, 7) is 13.4. The van der Waals surface area contributed by atoms with Gasteiger partial charge in [0.05, 0.1) is 12.7 Å². The molecule has 2 aliphatic rings. The zero-order valence-electron chi connectivity index (χ0n) is 18.1. The smallest absolute Gasteiger partial charge is 0.191 e. The van der Waals surface area contributed by atoms with Crippen LogP contribution in [0.1, 0.15) is 58.8 Å². The zero-order valence-corrected chi connectivity index (χ0v) is 20.4. The van der Waals surface area contributed by atoms with Crippen molar-refractivity contribution < 1.29 is 9.47 Å². The van der Waals surface area contributed by atoms with Gasteiger partial charge in [0, 0.05) is 32.8 Å². The summed E-state index contributed by atoms with van der Waals surface area (Å²) in [6.07, 6.45) is 8.78. The number of ether oxygens (including phenoxy) is 2. The van der Waals surface area contributed by atoms with Gasteiger partial charge in [0.1, 0.15) is 0 Å². The molecule has 0 bridgehead atoms. The lowest BCUT2D eigenvalue weighted by atomic mass is 9.99. The fraction of sp³-hybridized carbons (Fsp3) is 0.952. The van der Waals surface area contributed by atoms with Crippen molar-refractivity contribution in [2.45, 2.75) is 64.9 Å². The van der Waals surface area contributed by atoms with Crippen LogP contribution in [0.4, 0.5) is 0 Å². The van der Waals surface area contributed by atoms with Gasteiger partial charge in [-0.1, -0.05) is 6.92 Å². The van der Waals surface area contributed by atoms with Gasteiger partial charge < -0.3 is 25.0 Å². The highest BCUT2D eigenvalue weighted by Gasteiger charge is 2.15. The van der Waals surface area contributed by atoms with E-state index >= 15 is 0 Å². The van der Waals surface area contributed by atoms with Crippen LogP contribution in [0, 0.1) is 5.92 Å². The first-order valence-electron chi connectivity index (χ1n) is 11.2. The monoisotopic (exact) mass is 510 g/mol. The maximum absolute atomic E-state index is 5.70. The minimum atomic E-state index is 0. The van der Waals surface area contributed by atoms with E-state index in [1.807, 2.05) is 0 Å². The Morgan fingerprint density at radius 3 is 2.68 bits per heavy atom. The first kappa shape index (κ1) is 25.9. The van der Waals surface area contributed by atoms with Crippen molar-refractivity contribution in [2.75, 3.05) is 59.1 Å². The van der Waals surface area contributed by atoms with Crippen LogP contribution >= 0.6 is 24.0 Å². The van der Waals surface area contributed by atoms with E-state index in [1.165, 1.54) is 51.7 Å². The molecule has 6 nitrogen and oxygen atoms in total. The Morgan fingerprint density at radius 2 is 1.96 bits per heavy atom. The van der Waals surface area contributed by atoms with Crippen molar-refractivity contribution in [1.29, 1.82) is 0 Å². The van der Waals surface area contributed by atoms with Crippen molar-refractivity contribution in [2.24, 2.45) is 10.9 Å². The lowest BCUT2D eigenvalue weighted by Gasteiger charge is -2.30. The number of halogens is 1. The molecule has 1 unspecified atom stereocenters. The van der Waals surface area contributed by atoms with Crippen LogP contribution in [0.5, 0.6) is 0 Å². The summed E-state index contributed by atoms with van der Waals surface area (Å²) in [5.74, 6) is 1.85. The van der Waals surface area contributed by atoms with Crippen LogP contribution in [-0.4, -0.2) is 76.1 Å². The zero-order chi connectivity index (χ0) is 19.2. The summed E-state index contributed by atoms with van der Waals surface area (Å²) in [5.41, 5.74) is 0. The van der Waals surface area contributed by atoms with Crippen LogP contribution in [0.2, 0.25) is 0 Å². The Kier molecular flexibility index (Phi) is 15.4. The highest BCUT2D eigenvalue weighted by Crippen LogP contribution is 2.16. The van der Waals surface area contributed by atoms with Crippen molar-refractivity contribution in [3.8, 4) is 0 Å². The van der Waals surface area contributed by atoms with E-state index in [1.54, 1.807) is 0 Å². The Bertz CT molecular complexity index is 398. The second-order valence-corrected chi connectivity index (χ2v) is 7.98. The van der Waals surface area contributed by atoms with Gasteiger partial charge in [-0.2, -0.15) is 0 Å². The van der Waals surface area contributed by atoms with Crippen LogP contribution in [0.15, 0.2) is 4.99 Å². The average Bonchev–Trinajstić information content (AvgIpc) is 3.19. The molecule has 2 saturated heterocycles. The van der Waals surface area contributed by atoms with Gasteiger partial charge in [0.25, 0.3) is 0 Å². The predicted octanol–water partition coefficient (Wildman–Crippen LogP) is 3.26. The Balaban J connectivity index is 0.00000392. The third-order valence-corrected chi connectivity index (χ3v) is 5.46. The Morgan fingerprint density at radius 1 is 1.14 bits per heavy atom. The van der Waals surface area contributed by atoms with E-state index in [0.717, 1.165) is 64.2 Å². The fourth-order valence-corrected chi connectivity index (χ4v) is 3.64. The first-order chi connectivity index (χ1) is 13.3. The number of likely N-dealkylation sites (tertiary alicyclic amines) is 1. The molecule has 0 amide bonds. The number of hydrogen-bond acceptors (Lipinski definition) is 4. The van der Waals surface area contributed by atoms with Gasteiger partial charge in [-0.25, -0.2) is 0 Å². The molecule has 2 heterocycles. The molecule has 166 valence electrons. The molecule has 7 heteroatoms. The summed E-state index contributed by atoms with van der Waals surface area (Å²) < 4.78 is 11.3. The number of unbranched alkanes of at least 4 members (excludes halogenated alkanes) is 1. The van der Waals surface area contributed by atoms with E-state index in [4.69, 9.17) is 9.47 Å². The van der Waals surface area contributed by atoms with Crippen LogP contribution < -0.4 is 10.6 Å². The maximum atomic E-state index is 5.70. The molecule has 2 N–H and O–H groups in total. The second kappa shape index (κ2) is 16.7. The molecular formula is C21H43IN4O2. The van der Waals surface area contributed by atoms with Crippen molar-refractivity contribution in [3.05, 3.63) is 0 Å². The molecule has 0 spiro atoms. The van der Waals surface area contributed by atoms with E-state index in [-0.39, 0.29) is 24.0 Å². The van der Waals surface area contributed by atoms with Crippen molar-refractivity contribution in [3.63, 3.8) is 0 Å². The fourth-order valence-electron chi connectivity index (χ4n) is 3.64. The number of nitrogens with zero attached hydrogens (tertiary/aromatic N) is 2. The third kappa shape index (κ3) is 11.8. The third-order valence-electron chi connectivity index (χ3n) is 5.46. The SMILES string of the molecule is CCNC(=NCCCOCC1CCCO1)NCCCCN1CCC(C)CC1.I. The average molecular weight is 511 g/mol. The molecule has 2 aliphatic heterocycles. The quantitative estimate of drug-likeness (QED) is 0.183. The number of aliphatic imine (C=N–C) groups is 1. The highest BCUT2D eigenvalue weighted by atomic mass is 127. The number of piperidine rings is 1. The van der Waals surface area contributed by atoms with Crippen molar-refractivity contribution >= 4 is 29.9 Å². The van der Waals surface area contributed by atoms with Gasteiger partial charge >= 0.3 is 0 Å². The number of guanidine groups is 1. The number of rotatable bonds is 12. The van der Waals surface area contributed by atoms with Gasteiger partial charge in [-0.15, -0.1) is 24.0 Å². The molecule has 2 fully saturated rings. The molecule has 0 aliphatic carbocycles. The van der Waals surface area contributed by atoms with E-state index in [9.17, 15) is 0 Å². The molecule has 0 aromatic heterocycles. The molecule has 1 atom stereocenters. The molecular weight excluding hydrogens is 467 g/mol. The molecule has 0 aromatic rings. The molecule has 0 saturated carbocycles. The minimum Gasteiger partial charge on any atom is -0.379 e. The molecule has 2 rings (SSSR count). The summed E-state index contributed by atoms with van der Waals surface area (Å²) in [5, 5.41) is 6.79. The highest BCUT2D eigenvalue weighted by molar-refractivity contribution is 14.0. The first-order valence-corrected chi connectivity index (χ1v) is 11.2. The summed E-state index contributed by atoms with van der Waals surface area (Å²) >= 11 is 0. The number of nitrogens with one attached hydrogen (secondary N) is 2. The minimum absolute atomic E-state index is 0. The Hall–Kier alpha value is -0.120. The van der Waals surface area contributed by atoms with Gasteiger partial charge in [-0.05, 0) is 77.4 Å². The van der Waals surface area contributed by atoms with Crippen molar-refractivity contribution in [1.82, 2.24) is 15.5 Å². The largest absolute Gasteiger partial charge is 0.379 e. The normalized spacial score (nSPS) is 21.5. The van der Waals surface area contributed by atoms with Gasteiger partial charge in [0.15, 0.2) is 5.96 Å². The second-order valence-electron chi connectivity index (χ2n) is 7.98. The van der Waals surface area contributed by atoms with E-state index in [2.05, 4.69) is 34.4 Å². The van der Waals surface area contributed by atoms with E-state index < -0.39 is 0 Å². The molecule has 0 radical (unpaired) electrons. The van der Waals surface area contributed by atoms with Crippen LogP contribution in [-0.2, 0) is 9.47 Å². The predicted molar refractivity (Wildman–Crippen MR) is 128 cm³/mol. The lowest BCUT2D eigenvalue weighted by molar-refractivity contribution is 0.0171. The molecule has 0 aromatic carbocycles. The topological polar surface area (TPSA) is 58.1 Å². The maximum Gasteiger partial charge on any atom is 0.191 e. The standard InChI is InChI=1S/C21H42N4O2.HI/c1-3-22-21(24-12-7-16-26-18-20-8-6-17-27-20)23-11-4-5-13-25-14-9-19(2)10-15-25;/h19-20H,3-18H2,1-2H3,(H2,22,23,24);1H. The van der Waals surface area contributed by atoms with Crippen LogP contribution in [0.3, 0.4) is 0 Å². The lowest BCUT2D eigenvalue weighted by Crippen LogP contribution is -2.38. The molecule has 28 heavy (non-hydrogen) atoms. The summed E-state index contributed by atoms with van der Waals surface area (Å²) in [7, 11) is 0. The Labute approximate surface area is 189 Å².